The largest absolute Gasteiger partial charge is 0.382 e. The number of hydrogen-bond donors (Lipinski definition) is 1. The van der Waals surface area contributed by atoms with Crippen molar-refractivity contribution in [3.63, 3.8) is 0 Å². The van der Waals surface area contributed by atoms with Crippen LogP contribution in [0.5, 0.6) is 0 Å². The van der Waals surface area contributed by atoms with Crippen molar-refractivity contribution in [2.75, 3.05) is 173 Å². The summed E-state index contributed by atoms with van der Waals surface area (Å²) in [5.41, 5.74) is 0. The average Bonchev–Trinajstić information content (AvgIpc) is 3.00. The molecular weight excluding hydrogens is 583 g/mol. The predicted molar refractivity (Wildman–Crippen MR) is 153 cm³/mol. The summed E-state index contributed by atoms with van der Waals surface area (Å²) in [7, 11) is 1.30. The van der Waals surface area contributed by atoms with Crippen molar-refractivity contribution in [3.8, 4) is 0 Å². The molecule has 0 aromatic rings. The van der Waals surface area contributed by atoms with Crippen molar-refractivity contribution >= 4 is 8.60 Å². The first-order valence-corrected chi connectivity index (χ1v) is 15.4. The second-order valence-electron chi connectivity index (χ2n) is 8.01. The second kappa shape index (κ2) is 38.9. The molecule has 0 aliphatic carbocycles. The van der Waals surface area contributed by atoms with Gasteiger partial charge in [-0.25, -0.2) is 0 Å². The summed E-state index contributed by atoms with van der Waals surface area (Å²) in [6.07, 6.45) is 0. The van der Waals surface area contributed by atoms with Crippen molar-refractivity contribution in [2.45, 2.75) is 0 Å². The smallest absolute Gasteiger partial charge is 0.330 e. The SMILES string of the molecule is COCCOCCOCCOCCOCCOCCOP(O)OCCOCCOCCOCCOCCOCCOC. The highest BCUT2D eigenvalue weighted by atomic mass is 31.2. The summed E-state index contributed by atoms with van der Waals surface area (Å²) in [6.45, 7) is 11.2. The maximum absolute atomic E-state index is 9.71. The molecule has 42 heavy (non-hydrogen) atoms. The van der Waals surface area contributed by atoms with Crippen LogP contribution in [0.1, 0.15) is 0 Å². The van der Waals surface area contributed by atoms with E-state index in [1.807, 2.05) is 0 Å². The van der Waals surface area contributed by atoms with E-state index in [-0.39, 0.29) is 13.2 Å². The van der Waals surface area contributed by atoms with Gasteiger partial charge < -0.3 is 70.8 Å². The fourth-order valence-corrected chi connectivity index (χ4v) is 3.17. The van der Waals surface area contributed by atoms with Gasteiger partial charge in [-0.2, -0.15) is 0 Å². The zero-order chi connectivity index (χ0) is 30.4. The van der Waals surface area contributed by atoms with Gasteiger partial charge in [0, 0.05) is 14.2 Å². The zero-order valence-electron chi connectivity index (χ0n) is 25.6. The standard InChI is InChI=1S/C26H55O15P/c1-28-3-5-30-7-9-32-11-13-34-15-17-36-19-21-38-23-25-40-42(27)41-26-24-39-22-20-37-18-16-35-14-12-33-10-8-31-6-4-29-2/h27H,3-26H2,1-2H3. The molecule has 0 saturated heterocycles. The van der Waals surface area contributed by atoms with Crippen molar-refractivity contribution < 1.29 is 70.8 Å². The van der Waals surface area contributed by atoms with Crippen LogP contribution in [0, 0.1) is 0 Å². The van der Waals surface area contributed by atoms with Gasteiger partial charge in [-0.1, -0.05) is 0 Å². The highest BCUT2D eigenvalue weighted by molar-refractivity contribution is 7.40. The Labute approximate surface area is 252 Å². The highest BCUT2D eigenvalue weighted by Crippen LogP contribution is 2.31. The molecule has 0 aromatic heterocycles. The van der Waals surface area contributed by atoms with Gasteiger partial charge in [0.2, 0.25) is 0 Å². The van der Waals surface area contributed by atoms with Gasteiger partial charge in [0.15, 0.2) is 0 Å². The first kappa shape index (κ1) is 41.8. The Morgan fingerprint density at radius 2 is 0.452 bits per heavy atom. The first-order chi connectivity index (χ1) is 20.8. The summed E-state index contributed by atoms with van der Waals surface area (Å²) in [5, 5.41) is 0. The molecule has 16 heteroatoms. The number of rotatable bonds is 38. The van der Waals surface area contributed by atoms with Crippen LogP contribution in [0.15, 0.2) is 0 Å². The van der Waals surface area contributed by atoms with Crippen LogP contribution in [-0.4, -0.2) is 178 Å². The third-order valence-corrected chi connectivity index (χ3v) is 5.51. The number of hydrogen-bond acceptors (Lipinski definition) is 15. The summed E-state index contributed by atoms with van der Waals surface area (Å²) in [4.78, 5) is 9.71. The maximum Gasteiger partial charge on any atom is 0.330 e. The lowest BCUT2D eigenvalue weighted by molar-refractivity contribution is -0.0172. The molecule has 0 rings (SSSR count). The Hall–Kier alpha value is -0.170. The van der Waals surface area contributed by atoms with E-state index in [0.29, 0.717) is 145 Å². The molecule has 0 aromatic carbocycles. The normalized spacial score (nSPS) is 11.7. The van der Waals surface area contributed by atoms with E-state index in [2.05, 4.69) is 0 Å². The minimum Gasteiger partial charge on any atom is -0.382 e. The van der Waals surface area contributed by atoms with Gasteiger partial charge in [-0.3, -0.25) is 0 Å². The third-order valence-electron chi connectivity index (χ3n) is 4.70. The molecular formula is C26H55O15P. The Morgan fingerprint density at radius 3 is 0.643 bits per heavy atom. The topological polar surface area (TPSA) is 149 Å². The van der Waals surface area contributed by atoms with E-state index in [1.54, 1.807) is 14.2 Å². The molecule has 0 unspecified atom stereocenters. The molecule has 0 bridgehead atoms. The lowest BCUT2D eigenvalue weighted by atomic mass is 10.7. The van der Waals surface area contributed by atoms with Gasteiger partial charge in [-0.05, 0) is 0 Å². The maximum atomic E-state index is 9.71. The number of methoxy groups -OCH3 is 2. The predicted octanol–water partition coefficient (Wildman–Crippen LogP) is 0.698. The molecule has 254 valence electrons. The Morgan fingerprint density at radius 1 is 0.286 bits per heavy atom. The molecule has 0 radical (unpaired) electrons. The molecule has 0 fully saturated rings. The average molecular weight is 639 g/mol. The summed E-state index contributed by atoms with van der Waals surface area (Å²) in [5.74, 6) is 0. The van der Waals surface area contributed by atoms with Crippen LogP contribution < -0.4 is 0 Å². The monoisotopic (exact) mass is 638 g/mol. The fourth-order valence-electron chi connectivity index (χ4n) is 2.63. The van der Waals surface area contributed by atoms with Gasteiger partial charge in [0.1, 0.15) is 0 Å². The highest BCUT2D eigenvalue weighted by Gasteiger charge is 2.06. The van der Waals surface area contributed by atoms with E-state index >= 15 is 0 Å². The lowest BCUT2D eigenvalue weighted by Crippen LogP contribution is -2.14. The molecule has 0 spiro atoms. The summed E-state index contributed by atoms with van der Waals surface area (Å²) < 4.78 is 73.9. The van der Waals surface area contributed by atoms with Crippen LogP contribution >= 0.6 is 8.60 Å². The molecule has 0 heterocycles. The second-order valence-corrected chi connectivity index (χ2v) is 9.01. The molecule has 0 amide bonds. The summed E-state index contributed by atoms with van der Waals surface area (Å²) >= 11 is 0. The van der Waals surface area contributed by atoms with E-state index < -0.39 is 8.60 Å². The van der Waals surface area contributed by atoms with Crippen molar-refractivity contribution in [2.24, 2.45) is 0 Å². The molecule has 0 aliphatic heterocycles. The third kappa shape index (κ3) is 37.9. The minimum absolute atomic E-state index is 0.217. The van der Waals surface area contributed by atoms with Gasteiger partial charge in [0.25, 0.3) is 0 Å². The van der Waals surface area contributed by atoms with Gasteiger partial charge >= 0.3 is 8.60 Å². The Kier molecular flexibility index (Phi) is 38.7. The quantitative estimate of drug-likeness (QED) is 0.0746. The van der Waals surface area contributed by atoms with E-state index in [1.165, 1.54) is 0 Å². The zero-order valence-corrected chi connectivity index (χ0v) is 26.5. The van der Waals surface area contributed by atoms with E-state index in [0.717, 1.165) is 0 Å². The first-order valence-electron chi connectivity index (χ1n) is 14.3. The lowest BCUT2D eigenvalue weighted by Gasteiger charge is -2.11. The van der Waals surface area contributed by atoms with E-state index in [9.17, 15) is 4.89 Å². The van der Waals surface area contributed by atoms with Crippen LogP contribution in [0.4, 0.5) is 0 Å². The molecule has 0 atom stereocenters. The summed E-state index contributed by atoms with van der Waals surface area (Å²) in [6, 6.07) is 0. The van der Waals surface area contributed by atoms with Crippen molar-refractivity contribution in [3.05, 3.63) is 0 Å². The van der Waals surface area contributed by atoms with E-state index in [4.69, 9.17) is 65.9 Å². The van der Waals surface area contributed by atoms with Gasteiger partial charge in [-0.15, -0.1) is 0 Å². The Bertz CT molecular complexity index is 445. The van der Waals surface area contributed by atoms with Crippen LogP contribution in [0.2, 0.25) is 0 Å². The molecule has 15 nitrogen and oxygen atoms in total. The molecule has 0 saturated carbocycles. The fraction of sp³-hybridized carbons (Fsp3) is 1.00. The van der Waals surface area contributed by atoms with Crippen molar-refractivity contribution in [1.82, 2.24) is 0 Å². The van der Waals surface area contributed by atoms with Crippen LogP contribution in [0.3, 0.4) is 0 Å². The molecule has 1 N–H and O–H groups in total. The van der Waals surface area contributed by atoms with Crippen molar-refractivity contribution in [1.29, 1.82) is 0 Å². The van der Waals surface area contributed by atoms with Gasteiger partial charge in [0.05, 0.1) is 159 Å². The molecule has 0 aliphatic rings. The Balaban J connectivity index is 3.13. The van der Waals surface area contributed by atoms with Crippen LogP contribution in [0.25, 0.3) is 0 Å². The number of ether oxygens (including phenoxy) is 12. The van der Waals surface area contributed by atoms with Crippen LogP contribution in [-0.2, 0) is 65.9 Å². The minimum atomic E-state index is -1.97.